The summed E-state index contributed by atoms with van der Waals surface area (Å²) >= 11 is 1.40. The zero-order chi connectivity index (χ0) is 24.7. The summed E-state index contributed by atoms with van der Waals surface area (Å²) in [6, 6.07) is 4.85. The van der Waals surface area contributed by atoms with Gasteiger partial charge in [0, 0.05) is 12.2 Å². The van der Waals surface area contributed by atoms with E-state index in [0.717, 1.165) is 12.0 Å². The zero-order valence-electron chi connectivity index (χ0n) is 19.8. The third kappa shape index (κ3) is 6.94. The average molecular weight is 495 g/mol. The Balaban J connectivity index is 1.87. The molecule has 0 saturated heterocycles. The van der Waals surface area contributed by atoms with Gasteiger partial charge in [0.05, 0.1) is 11.4 Å². The van der Waals surface area contributed by atoms with Crippen LogP contribution in [0.4, 0.5) is 20.3 Å². The molecule has 34 heavy (non-hydrogen) atoms. The highest BCUT2D eigenvalue weighted by Gasteiger charge is 2.27. The van der Waals surface area contributed by atoms with Crippen LogP contribution < -0.4 is 15.4 Å². The van der Waals surface area contributed by atoms with Gasteiger partial charge in [0.25, 0.3) is 12.3 Å². The van der Waals surface area contributed by atoms with E-state index in [1.54, 1.807) is 22.9 Å². The molecule has 1 aromatic carbocycles. The number of rotatable bonds is 13. The van der Waals surface area contributed by atoms with Crippen molar-refractivity contribution in [3.8, 4) is 5.75 Å². The Morgan fingerprint density at radius 3 is 2.62 bits per heavy atom. The molecule has 1 fully saturated rings. The van der Waals surface area contributed by atoms with Crippen molar-refractivity contribution >= 4 is 35.1 Å². The Labute approximate surface area is 203 Å². The number of alkyl halides is 2. The van der Waals surface area contributed by atoms with Crippen LogP contribution >= 0.6 is 11.8 Å². The molecule has 2 amide bonds. The predicted molar refractivity (Wildman–Crippen MR) is 131 cm³/mol. The maximum absolute atomic E-state index is 13.4. The minimum absolute atomic E-state index is 0.188. The van der Waals surface area contributed by atoms with Crippen LogP contribution in [0.3, 0.4) is 0 Å². The summed E-state index contributed by atoms with van der Waals surface area (Å²) in [5, 5.41) is 10.5. The molecule has 3 rings (SSSR count). The first-order chi connectivity index (χ1) is 16.4. The summed E-state index contributed by atoms with van der Waals surface area (Å²) < 4.78 is 31.8. The van der Waals surface area contributed by atoms with Crippen LogP contribution in [0.15, 0.2) is 18.2 Å². The lowest BCUT2D eigenvalue weighted by Gasteiger charge is -2.14. The maximum atomic E-state index is 13.4. The summed E-state index contributed by atoms with van der Waals surface area (Å²) in [5.41, 5.74) is 2.29. The zero-order valence-corrected chi connectivity index (χ0v) is 20.6. The van der Waals surface area contributed by atoms with E-state index < -0.39 is 13.0 Å². The first-order valence-electron chi connectivity index (χ1n) is 11.6. The molecule has 0 bridgehead atoms. The second kappa shape index (κ2) is 12.2. The molecule has 0 aliphatic heterocycles. The van der Waals surface area contributed by atoms with Crippen molar-refractivity contribution in [2.45, 2.75) is 58.9 Å². The van der Waals surface area contributed by atoms with E-state index in [9.17, 15) is 18.4 Å². The van der Waals surface area contributed by atoms with Gasteiger partial charge in [-0.2, -0.15) is 16.9 Å². The number of benzene rings is 1. The SMILES string of the molecule is CCc1cc(OCC(F)F)ccc1NC(=O)c1c(CC)nn(CCC2CC2)c1NC(=O)CSC. The number of ether oxygens (including phenoxy) is 1. The summed E-state index contributed by atoms with van der Waals surface area (Å²) in [5.74, 6) is 1.14. The van der Waals surface area contributed by atoms with Crippen molar-refractivity contribution in [1.82, 2.24) is 9.78 Å². The molecule has 0 radical (unpaired) electrons. The fourth-order valence-corrected chi connectivity index (χ4v) is 4.05. The maximum Gasteiger partial charge on any atom is 0.272 e. The molecule has 0 spiro atoms. The molecule has 7 nitrogen and oxygen atoms in total. The topological polar surface area (TPSA) is 85.2 Å². The number of nitrogens with one attached hydrogen (secondary N) is 2. The minimum Gasteiger partial charge on any atom is -0.488 e. The van der Waals surface area contributed by atoms with Crippen molar-refractivity contribution in [1.29, 1.82) is 0 Å². The number of thioether (sulfide) groups is 1. The Bertz CT molecular complexity index is 1010. The van der Waals surface area contributed by atoms with Gasteiger partial charge in [0.1, 0.15) is 23.7 Å². The lowest BCUT2D eigenvalue weighted by molar-refractivity contribution is -0.113. The van der Waals surface area contributed by atoms with Crippen molar-refractivity contribution in [2.75, 3.05) is 29.2 Å². The van der Waals surface area contributed by atoms with E-state index in [1.165, 1.54) is 24.6 Å². The molecular formula is C24H32F2N4O3S. The molecule has 1 aliphatic rings. The first kappa shape index (κ1) is 26.0. The summed E-state index contributed by atoms with van der Waals surface area (Å²) in [6.45, 7) is 3.78. The molecule has 1 aromatic heterocycles. The van der Waals surface area contributed by atoms with E-state index in [1.807, 2.05) is 20.1 Å². The molecule has 2 N–H and O–H groups in total. The number of amides is 2. The summed E-state index contributed by atoms with van der Waals surface area (Å²) in [6.07, 6.45) is 3.76. The van der Waals surface area contributed by atoms with Gasteiger partial charge < -0.3 is 15.4 Å². The molecular weight excluding hydrogens is 462 g/mol. The number of aryl methyl sites for hydroxylation is 3. The quantitative estimate of drug-likeness (QED) is 0.409. The van der Waals surface area contributed by atoms with E-state index in [4.69, 9.17) is 4.74 Å². The van der Waals surface area contributed by atoms with Gasteiger partial charge in [0.15, 0.2) is 0 Å². The normalized spacial score (nSPS) is 13.2. The molecule has 186 valence electrons. The number of nitrogens with zero attached hydrogens (tertiary/aromatic N) is 2. The molecule has 1 saturated carbocycles. The molecule has 2 aromatic rings. The standard InChI is InChI=1S/C24H32F2N4O3S/c1-4-16-12-17(33-13-20(25)26)8-9-19(16)27-24(32)22-18(5-2)29-30(11-10-15-6-7-15)23(22)28-21(31)14-34-3/h8-9,12,15,20H,4-7,10-11,13-14H2,1-3H3,(H,27,32)(H,28,31). The van der Waals surface area contributed by atoms with Crippen molar-refractivity contribution < 1.29 is 23.1 Å². The summed E-state index contributed by atoms with van der Waals surface area (Å²) in [4.78, 5) is 25.9. The monoisotopic (exact) mass is 494 g/mol. The van der Waals surface area contributed by atoms with Gasteiger partial charge in [0.2, 0.25) is 5.91 Å². The van der Waals surface area contributed by atoms with Crippen molar-refractivity contribution in [3.05, 3.63) is 35.0 Å². The fourth-order valence-electron chi connectivity index (χ4n) is 3.72. The Morgan fingerprint density at radius 2 is 2.00 bits per heavy atom. The third-order valence-electron chi connectivity index (χ3n) is 5.65. The van der Waals surface area contributed by atoms with Crippen molar-refractivity contribution in [2.24, 2.45) is 5.92 Å². The van der Waals surface area contributed by atoms with Crippen LogP contribution in [-0.4, -0.2) is 46.6 Å². The second-order valence-electron chi connectivity index (χ2n) is 8.29. The number of aromatic nitrogens is 2. The second-order valence-corrected chi connectivity index (χ2v) is 9.15. The number of anilines is 2. The molecule has 0 unspecified atom stereocenters. The molecule has 10 heteroatoms. The van der Waals surface area contributed by atoms with E-state index >= 15 is 0 Å². The van der Waals surface area contributed by atoms with Crippen LogP contribution in [-0.2, 0) is 24.2 Å². The van der Waals surface area contributed by atoms with Crippen LogP contribution in [0, 0.1) is 5.92 Å². The lowest BCUT2D eigenvalue weighted by atomic mass is 10.1. The number of halogens is 2. The van der Waals surface area contributed by atoms with Gasteiger partial charge >= 0.3 is 0 Å². The van der Waals surface area contributed by atoms with Crippen LogP contribution in [0.2, 0.25) is 0 Å². The van der Waals surface area contributed by atoms with E-state index in [-0.39, 0.29) is 17.6 Å². The average Bonchev–Trinajstić information content (AvgIpc) is 3.58. The minimum atomic E-state index is -2.56. The van der Waals surface area contributed by atoms with Gasteiger partial charge in [-0.25, -0.2) is 13.5 Å². The largest absolute Gasteiger partial charge is 0.488 e. The van der Waals surface area contributed by atoms with Gasteiger partial charge in [-0.15, -0.1) is 0 Å². The van der Waals surface area contributed by atoms with Crippen LogP contribution in [0.5, 0.6) is 5.75 Å². The molecule has 0 atom stereocenters. The van der Waals surface area contributed by atoms with E-state index in [0.29, 0.717) is 53.8 Å². The van der Waals surface area contributed by atoms with Gasteiger partial charge in [-0.3, -0.25) is 9.59 Å². The lowest BCUT2D eigenvalue weighted by Crippen LogP contribution is -2.22. The number of carbonyl (C=O) groups is 2. The molecule has 1 aliphatic carbocycles. The van der Waals surface area contributed by atoms with Crippen molar-refractivity contribution in [3.63, 3.8) is 0 Å². The predicted octanol–water partition coefficient (Wildman–Crippen LogP) is 5.01. The smallest absolute Gasteiger partial charge is 0.272 e. The first-order valence-corrected chi connectivity index (χ1v) is 13.0. The number of hydrogen-bond acceptors (Lipinski definition) is 5. The fraction of sp³-hybridized carbons (Fsp3) is 0.542. The highest BCUT2D eigenvalue weighted by atomic mass is 32.2. The summed E-state index contributed by atoms with van der Waals surface area (Å²) in [7, 11) is 0. The number of carbonyl (C=O) groups excluding carboxylic acids is 2. The van der Waals surface area contributed by atoms with Crippen LogP contribution in [0.25, 0.3) is 0 Å². The van der Waals surface area contributed by atoms with E-state index in [2.05, 4.69) is 15.7 Å². The highest BCUT2D eigenvalue weighted by Crippen LogP contribution is 2.34. The molecule has 1 heterocycles. The highest BCUT2D eigenvalue weighted by molar-refractivity contribution is 7.99. The third-order valence-corrected chi connectivity index (χ3v) is 6.20. The Hall–Kier alpha value is -2.62. The van der Waals surface area contributed by atoms with Gasteiger partial charge in [-0.05, 0) is 55.2 Å². The number of hydrogen-bond donors (Lipinski definition) is 2. The Morgan fingerprint density at radius 1 is 1.24 bits per heavy atom. The van der Waals surface area contributed by atoms with Gasteiger partial charge in [-0.1, -0.05) is 26.7 Å². The van der Waals surface area contributed by atoms with Crippen LogP contribution in [0.1, 0.15) is 54.7 Å². The Kier molecular flexibility index (Phi) is 9.32.